The third-order valence-corrected chi connectivity index (χ3v) is 6.72. The van der Waals surface area contributed by atoms with Gasteiger partial charge in [0.25, 0.3) is 5.91 Å². The molecule has 2 aromatic carbocycles. The van der Waals surface area contributed by atoms with Gasteiger partial charge < -0.3 is 29.4 Å². The molecule has 0 spiro atoms. The van der Waals surface area contributed by atoms with E-state index in [-0.39, 0.29) is 17.8 Å². The van der Waals surface area contributed by atoms with E-state index in [2.05, 4.69) is 16.7 Å². The van der Waals surface area contributed by atoms with Crippen LogP contribution in [0.4, 0.5) is 0 Å². The SMILES string of the molecule is CO[C@H]1CCO[C@H](C(=O)N[C@H](C#N)Cc2ccc(-c3ccc4oc(=O)n(CCN(C)C)c4c3)cc2)CNC1. The molecule has 38 heavy (non-hydrogen) atoms. The molecule has 10 heteroatoms. The fourth-order valence-electron chi connectivity index (χ4n) is 4.46. The maximum Gasteiger partial charge on any atom is 0.419 e. The maximum atomic E-state index is 12.7. The first-order valence-corrected chi connectivity index (χ1v) is 12.8. The maximum absolute atomic E-state index is 12.7. The number of ether oxygens (including phenoxy) is 2. The molecule has 1 aliphatic rings. The van der Waals surface area contributed by atoms with Gasteiger partial charge in [-0.2, -0.15) is 5.26 Å². The molecule has 0 bridgehead atoms. The number of hydrogen-bond acceptors (Lipinski definition) is 8. The van der Waals surface area contributed by atoms with E-state index in [1.165, 1.54) is 0 Å². The third-order valence-electron chi connectivity index (χ3n) is 6.72. The highest BCUT2D eigenvalue weighted by atomic mass is 16.5. The van der Waals surface area contributed by atoms with Crippen molar-refractivity contribution in [3.8, 4) is 17.2 Å². The number of fused-ring (bicyclic) bond motifs is 1. The van der Waals surface area contributed by atoms with Gasteiger partial charge in [-0.3, -0.25) is 9.36 Å². The van der Waals surface area contributed by atoms with Crippen molar-refractivity contribution in [3.05, 3.63) is 58.6 Å². The van der Waals surface area contributed by atoms with Crippen LogP contribution in [0.1, 0.15) is 12.0 Å². The molecule has 4 rings (SSSR count). The molecule has 0 aliphatic carbocycles. The smallest absolute Gasteiger partial charge is 0.408 e. The van der Waals surface area contributed by atoms with Crippen LogP contribution >= 0.6 is 0 Å². The Balaban J connectivity index is 1.40. The van der Waals surface area contributed by atoms with E-state index in [1.54, 1.807) is 11.7 Å². The number of benzene rings is 2. The van der Waals surface area contributed by atoms with Crippen molar-refractivity contribution in [3.63, 3.8) is 0 Å². The van der Waals surface area contributed by atoms with Crippen molar-refractivity contribution in [2.24, 2.45) is 0 Å². The minimum Gasteiger partial charge on any atom is -0.408 e. The Kier molecular flexibility index (Phi) is 9.31. The van der Waals surface area contributed by atoms with E-state index in [4.69, 9.17) is 13.9 Å². The van der Waals surface area contributed by atoms with Crippen LogP contribution in [-0.2, 0) is 27.2 Å². The molecular weight excluding hydrogens is 486 g/mol. The number of likely N-dealkylation sites (N-methyl/N-ethyl adjacent to an activating group) is 1. The van der Waals surface area contributed by atoms with Crippen molar-refractivity contribution < 1.29 is 18.7 Å². The van der Waals surface area contributed by atoms with Gasteiger partial charge >= 0.3 is 5.76 Å². The number of nitrogens with one attached hydrogen (secondary N) is 2. The predicted molar refractivity (Wildman–Crippen MR) is 144 cm³/mol. The fourth-order valence-corrected chi connectivity index (χ4v) is 4.46. The Hall–Kier alpha value is -3.49. The molecule has 1 amide bonds. The molecule has 0 saturated carbocycles. The lowest BCUT2D eigenvalue weighted by atomic mass is 10.0. The molecule has 1 aromatic heterocycles. The highest BCUT2D eigenvalue weighted by Gasteiger charge is 2.25. The summed E-state index contributed by atoms with van der Waals surface area (Å²) in [5, 5.41) is 15.7. The van der Waals surface area contributed by atoms with Crippen LogP contribution < -0.4 is 16.4 Å². The van der Waals surface area contributed by atoms with Gasteiger partial charge in [-0.25, -0.2) is 4.79 Å². The van der Waals surface area contributed by atoms with Gasteiger partial charge in [-0.15, -0.1) is 0 Å². The van der Waals surface area contributed by atoms with Crippen LogP contribution in [0.5, 0.6) is 0 Å². The molecule has 3 atom stereocenters. The normalized spacial score (nSPS) is 19.0. The van der Waals surface area contributed by atoms with Crippen molar-refractivity contribution in [1.82, 2.24) is 20.1 Å². The summed E-state index contributed by atoms with van der Waals surface area (Å²) >= 11 is 0. The molecule has 0 radical (unpaired) electrons. The first-order valence-electron chi connectivity index (χ1n) is 12.8. The van der Waals surface area contributed by atoms with Crippen LogP contribution in [0.25, 0.3) is 22.2 Å². The minimum atomic E-state index is -0.678. The average molecular weight is 522 g/mol. The minimum absolute atomic E-state index is 0.0588. The summed E-state index contributed by atoms with van der Waals surface area (Å²) in [5.41, 5.74) is 4.17. The number of aromatic nitrogens is 1. The lowest BCUT2D eigenvalue weighted by Crippen LogP contribution is -2.49. The summed E-state index contributed by atoms with van der Waals surface area (Å²) in [6, 6.07) is 15.1. The number of carbonyl (C=O) groups excluding carboxylic acids is 1. The summed E-state index contributed by atoms with van der Waals surface area (Å²) in [7, 11) is 5.58. The number of carbonyl (C=O) groups is 1. The highest BCUT2D eigenvalue weighted by Crippen LogP contribution is 2.25. The highest BCUT2D eigenvalue weighted by molar-refractivity contribution is 5.82. The van der Waals surface area contributed by atoms with Crippen LogP contribution in [0.2, 0.25) is 0 Å². The van der Waals surface area contributed by atoms with Gasteiger partial charge in [0.2, 0.25) is 0 Å². The molecule has 1 fully saturated rings. The standard InChI is InChI=1S/C28H35N5O5/c1-32(2)11-12-33-24-15-21(8-9-25(24)38-28(33)35)20-6-4-19(5-7-20)14-22(16-29)31-27(34)26-18-30-17-23(36-3)10-13-37-26/h4-9,15,22-23,26,30H,10-14,17-18H2,1-3H3,(H,31,34)/t22-,23-,26-/m0/s1. The first-order chi connectivity index (χ1) is 18.4. The third kappa shape index (κ3) is 6.88. The summed E-state index contributed by atoms with van der Waals surface area (Å²) in [5.74, 6) is -0.663. The Morgan fingerprint density at radius 1 is 1.24 bits per heavy atom. The van der Waals surface area contributed by atoms with Crippen molar-refractivity contribution in [1.29, 1.82) is 5.26 Å². The average Bonchev–Trinajstić information content (AvgIpc) is 3.21. The topological polar surface area (TPSA) is 122 Å². The molecule has 1 aliphatic heterocycles. The Labute approximate surface area is 222 Å². The summed E-state index contributed by atoms with van der Waals surface area (Å²) in [4.78, 5) is 27.1. The molecule has 10 nitrogen and oxygen atoms in total. The monoisotopic (exact) mass is 521 g/mol. The second-order valence-electron chi connectivity index (χ2n) is 9.76. The number of hydrogen-bond donors (Lipinski definition) is 2. The number of amides is 1. The van der Waals surface area contributed by atoms with Gasteiger partial charge in [0, 0.05) is 39.7 Å². The molecule has 2 N–H and O–H groups in total. The van der Waals surface area contributed by atoms with E-state index in [0.717, 1.165) is 28.8 Å². The summed E-state index contributed by atoms with van der Waals surface area (Å²) < 4.78 is 18.1. The molecule has 1 saturated heterocycles. The van der Waals surface area contributed by atoms with Gasteiger partial charge in [0.05, 0.1) is 24.3 Å². The Bertz CT molecular complexity index is 1310. The van der Waals surface area contributed by atoms with Gasteiger partial charge in [0.1, 0.15) is 12.1 Å². The lowest BCUT2D eigenvalue weighted by Gasteiger charge is -2.25. The van der Waals surface area contributed by atoms with Crippen molar-refractivity contribution >= 4 is 17.0 Å². The van der Waals surface area contributed by atoms with Gasteiger partial charge in [-0.05, 0) is 49.3 Å². The quantitative estimate of drug-likeness (QED) is 0.437. The lowest BCUT2D eigenvalue weighted by molar-refractivity contribution is -0.134. The molecular formula is C28H35N5O5. The first kappa shape index (κ1) is 27.5. The van der Waals surface area contributed by atoms with E-state index >= 15 is 0 Å². The molecule has 3 aromatic rings. The number of methoxy groups -OCH3 is 1. The molecule has 0 unspecified atom stereocenters. The second kappa shape index (κ2) is 12.8. The number of rotatable bonds is 9. The summed E-state index contributed by atoms with van der Waals surface area (Å²) in [6.07, 6.45) is 0.477. The van der Waals surface area contributed by atoms with Crippen LogP contribution in [0.3, 0.4) is 0 Å². The Morgan fingerprint density at radius 3 is 2.71 bits per heavy atom. The van der Waals surface area contributed by atoms with E-state index in [9.17, 15) is 14.9 Å². The zero-order valence-electron chi connectivity index (χ0n) is 22.1. The van der Waals surface area contributed by atoms with E-state index < -0.39 is 12.1 Å². The molecule has 202 valence electrons. The second-order valence-corrected chi connectivity index (χ2v) is 9.76. The predicted octanol–water partition coefficient (Wildman–Crippen LogP) is 1.77. The molecule has 2 heterocycles. The van der Waals surface area contributed by atoms with Gasteiger partial charge in [0.15, 0.2) is 5.58 Å². The zero-order chi connectivity index (χ0) is 27.1. The number of nitriles is 1. The number of nitrogens with zero attached hydrogens (tertiary/aromatic N) is 3. The van der Waals surface area contributed by atoms with Crippen LogP contribution in [0, 0.1) is 11.3 Å². The van der Waals surface area contributed by atoms with E-state index in [0.29, 0.717) is 44.7 Å². The Morgan fingerprint density at radius 2 is 2.00 bits per heavy atom. The van der Waals surface area contributed by atoms with Gasteiger partial charge in [-0.1, -0.05) is 30.3 Å². The fraction of sp³-hybridized carbons (Fsp3) is 0.464. The largest absolute Gasteiger partial charge is 0.419 e. The van der Waals surface area contributed by atoms with Crippen molar-refractivity contribution in [2.75, 3.05) is 47.4 Å². The summed E-state index contributed by atoms with van der Waals surface area (Å²) in [6.45, 7) is 2.70. The van der Waals surface area contributed by atoms with Crippen molar-refractivity contribution in [2.45, 2.75) is 37.6 Å². The van der Waals surface area contributed by atoms with E-state index in [1.807, 2.05) is 61.5 Å². The van der Waals surface area contributed by atoms with Crippen LogP contribution in [-0.4, -0.2) is 81.1 Å². The zero-order valence-corrected chi connectivity index (χ0v) is 22.1. The van der Waals surface area contributed by atoms with Crippen LogP contribution in [0.15, 0.2) is 51.7 Å². The number of oxazole rings is 1.